The molecule has 1 aromatic carbocycles. The van der Waals surface area contributed by atoms with Crippen LogP contribution in [0.1, 0.15) is 44.9 Å². The highest BCUT2D eigenvalue weighted by molar-refractivity contribution is 6.01. The lowest BCUT2D eigenvalue weighted by Crippen LogP contribution is -2.61. The maximum Gasteiger partial charge on any atom is 0.387 e. The number of alkyl halides is 2. The summed E-state index contributed by atoms with van der Waals surface area (Å²) in [5, 5.41) is 2.84. The van der Waals surface area contributed by atoms with Gasteiger partial charge in [0.15, 0.2) is 0 Å². The molecule has 2 amide bonds. The Hall–Kier alpha value is -1.93. The molecule has 0 spiro atoms. The molecule has 0 aromatic heterocycles. The molecule has 2 aliphatic rings. The molecule has 3 N–H and O–H groups in total. The third kappa shape index (κ3) is 5.11. The molecule has 1 heterocycles. The van der Waals surface area contributed by atoms with Crippen molar-refractivity contribution in [3.63, 3.8) is 0 Å². The zero-order chi connectivity index (χ0) is 19.4. The van der Waals surface area contributed by atoms with Gasteiger partial charge in [-0.25, -0.2) is 0 Å². The second-order valence-corrected chi connectivity index (χ2v) is 7.25. The second kappa shape index (κ2) is 9.52. The quantitative estimate of drug-likeness (QED) is 0.771. The van der Waals surface area contributed by atoms with Gasteiger partial charge in [-0.05, 0) is 49.9 Å². The van der Waals surface area contributed by atoms with E-state index < -0.39 is 18.2 Å². The van der Waals surface area contributed by atoms with E-state index in [2.05, 4.69) is 10.1 Å². The number of hydrogen-bond acceptors (Lipinski definition) is 4. The lowest BCUT2D eigenvalue weighted by Gasteiger charge is -2.36. The Kier molecular flexibility index (Phi) is 7.60. The van der Waals surface area contributed by atoms with Gasteiger partial charge in [-0.1, -0.05) is 19.3 Å². The Morgan fingerprint density at radius 3 is 2.43 bits per heavy atom. The molecule has 1 aromatic rings. The first-order chi connectivity index (χ1) is 12.9. The number of anilines is 1. The average molecular weight is 418 g/mol. The number of hydrogen-bond donors (Lipinski definition) is 2. The molecule has 1 atom stereocenters. The Labute approximate surface area is 169 Å². The zero-order valence-electron chi connectivity index (χ0n) is 15.5. The number of carbonyl (C=O) groups excluding carboxylic acids is 2. The maximum absolute atomic E-state index is 12.8. The lowest BCUT2D eigenvalue weighted by molar-refractivity contribution is -0.132. The van der Waals surface area contributed by atoms with Gasteiger partial charge >= 0.3 is 6.61 Å². The molecule has 0 radical (unpaired) electrons. The maximum atomic E-state index is 12.8. The first-order valence-corrected chi connectivity index (χ1v) is 9.35. The predicted molar refractivity (Wildman–Crippen MR) is 104 cm³/mol. The fourth-order valence-corrected chi connectivity index (χ4v) is 3.78. The molecule has 1 aliphatic heterocycles. The third-order valence-corrected chi connectivity index (χ3v) is 5.32. The second-order valence-electron chi connectivity index (χ2n) is 7.25. The fourth-order valence-electron chi connectivity index (χ4n) is 3.78. The van der Waals surface area contributed by atoms with Crippen molar-refractivity contribution < 1.29 is 23.1 Å². The largest absolute Gasteiger partial charge is 0.435 e. The van der Waals surface area contributed by atoms with Gasteiger partial charge in [-0.2, -0.15) is 8.78 Å². The van der Waals surface area contributed by atoms with Crippen molar-refractivity contribution in [1.82, 2.24) is 5.32 Å². The Morgan fingerprint density at radius 2 is 1.82 bits per heavy atom. The number of nitrogens with one attached hydrogen (secondary N) is 1. The number of nitrogens with two attached hydrogens (primary N) is 1. The summed E-state index contributed by atoms with van der Waals surface area (Å²) in [6.45, 7) is -2.39. The number of nitrogens with zero attached hydrogens (tertiary/aromatic N) is 1. The van der Waals surface area contributed by atoms with Crippen LogP contribution in [0, 0.1) is 0 Å². The van der Waals surface area contributed by atoms with Gasteiger partial charge in [0.1, 0.15) is 11.8 Å². The molecule has 1 aliphatic carbocycles. The van der Waals surface area contributed by atoms with Crippen LogP contribution in [0.5, 0.6) is 5.75 Å². The van der Waals surface area contributed by atoms with Crippen LogP contribution in [0.25, 0.3) is 0 Å². The van der Waals surface area contributed by atoms with E-state index in [0.29, 0.717) is 31.5 Å². The number of carbonyl (C=O) groups is 2. The highest BCUT2D eigenvalue weighted by atomic mass is 35.5. The van der Waals surface area contributed by atoms with Crippen LogP contribution in [-0.4, -0.2) is 36.6 Å². The first kappa shape index (κ1) is 22.4. The molecule has 156 valence electrons. The van der Waals surface area contributed by atoms with Gasteiger partial charge in [0.25, 0.3) is 0 Å². The average Bonchev–Trinajstić information content (AvgIpc) is 2.64. The highest BCUT2D eigenvalue weighted by Gasteiger charge is 2.39. The van der Waals surface area contributed by atoms with Gasteiger partial charge in [0, 0.05) is 12.2 Å². The molecule has 1 saturated carbocycles. The Morgan fingerprint density at radius 1 is 1.18 bits per heavy atom. The van der Waals surface area contributed by atoms with E-state index in [-0.39, 0.29) is 30.0 Å². The van der Waals surface area contributed by atoms with Crippen LogP contribution in [0.2, 0.25) is 0 Å². The van der Waals surface area contributed by atoms with E-state index in [1.54, 1.807) is 17.0 Å². The van der Waals surface area contributed by atoms with E-state index in [4.69, 9.17) is 5.73 Å². The van der Waals surface area contributed by atoms with Gasteiger partial charge in [-0.3, -0.25) is 9.59 Å². The van der Waals surface area contributed by atoms with Gasteiger partial charge in [0.05, 0.1) is 5.54 Å². The van der Waals surface area contributed by atoms with E-state index in [1.165, 1.54) is 12.1 Å². The molecule has 0 bridgehead atoms. The van der Waals surface area contributed by atoms with Crippen molar-refractivity contribution in [1.29, 1.82) is 0 Å². The first-order valence-electron chi connectivity index (χ1n) is 9.35. The summed E-state index contributed by atoms with van der Waals surface area (Å²) >= 11 is 0. The number of piperidine rings is 1. The number of amides is 2. The smallest absolute Gasteiger partial charge is 0.387 e. The Balaban J connectivity index is 0.00000280. The van der Waals surface area contributed by atoms with Crippen LogP contribution in [0.3, 0.4) is 0 Å². The normalized spacial score (nSPS) is 21.8. The van der Waals surface area contributed by atoms with Crippen LogP contribution in [-0.2, 0) is 9.59 Å². The number of halogens is 3. The molecule has 3 rings (SSSR count). The molecular weight excluding hydrogens is 392 g/mol. The van der Waals surface area contributed by atoms with Crippen molar-refractivity contribution in [2.45, 2.75) is 63.1 Å². The minimum atomic E-state index is -2.89. The minimum absolute atomic E-state index is 0. The topological polar surface area (TPSA) is 84.7 Å². The van der Waals surface area contributed by atoms with E-state index in [9.17, 15) is 18.4 Å². The monoisotopic (exact) mass is 417 g/mol. The molecule has 1 unspecified atom stereocenters. The van der Waals surface area contributed by atoms with Gasteiger partial charge in [-0.15, -0.1) is 12.4 Å². The summed E-state index contributed by atoms with van der Waals surface area (Å²) in [4.78, 5) is 27.0. The van der Waals surface area contributed by atoms with Crippen LogP contribution >= 0.6 is 12.4 Å². The van der Waals surface area contributed by atoms with Crippen molar-refractivity contribution in [2.75, 3.05) is 11.4 Å². The van der Waals surface area contributed by atoms with E-state index in [0.717, 1.165) is 25.7 Å². The minimum Gasteiger partial charge on any atom is -0.435 e. The van der Waals surface area contributed by atoms with Crippen molar-refractivity contribution >= 4 is 29.9 Å². The van der Waals surface area contributed by atoms with E-state index >= 15 is 0 Å². The van der Waals surface area contributed by atoms with Crippen molar-refractivity contribution in [2.24, 2.45) is 5.73 Å². The number of rotatable bonds is 5. The summed E-state index contributed by atoms with van der Waals surface area (Å²) in [6.07, 6.45) is 5.47. The standard InChI is InChI=1S/C19H25F2N3O3.ClH/c20-18(21)27-14-8-6-13(7-9-14)24-12-4-5-15(16(24)25)23-17(26)19(22)10-2-1-3-11-19;/h6-9,15,18H,1-5,10-12,22H2,(H,23,26);1H. The lowest BCUT2D eigenvalue weighted by atomic mass is 9.81. The van der Waals surface area contributed by atoms with Crippen LogP contribution in [0.15, 0.2) is 24.3 Å². The molecule has 28 heavy (non-hydrogen) atoms. The Bertz CT molecular complexity index is 682. The molecule has 9 heteroatoms. The van der Waals surface area contributed by atoms with Gasteiger partial charge in [0.2, 0.25) is 11.8 Å². The molecule has 2 fully saturated rings. The van der Waals surface area contributed by atoms with E-state index in [1.807, 2.05) is 0 Å². The predicted octanol–water partition coefficient (Wildman–Crippen LogP) is 2.98. The van der Waals surface area contributed by atoms with Crippen LogP contribution in [0.4, 0.5) is 14.5 Å². The highest BCUT2D eigenvalue weighted by Crippen LogP contribution is 2.28. The molecule has 1 saturated heterocycles. The van der Waals surface area contributed by atoms with Crippen molar-refractivity contribution in [3.8, 4) is 5.75 Å². The molecular formula is C19H26ClF2N3O3. The summed E-state index contributed by atoms with van der Waals surface area (Å²) in [7, 11) is 0. The SMILES string of the molecule is Cl.NC1(C(=O)NC2CCCN(c3ccc(OC(F)F)cc3)C2=O)CCCCC1. The summed E-state index contributed by atoms with van der Waals surface area (Å²) < 4.78 is 28.8. The number of benzene rings is 1. The zero-order valence-corrected chi connectivity index (χ0v) is 16.4. The molecule has 6 nitrogen and oxygen atoms in total. The summed E-state index contributed by atoms with van der Waals surface area (Å²) in [5.41, 5.74) is 5.95. The van der Waals surface area contributed by atoms with Crippen LogP contribution < -0.4 is 20.7 Å². The summed E-state index contributed by atoms with van der Waals surface area (Å²) in [5.74, 6) is -0.440. The summed E-state index contributed by atoms with van der Waals surface area (Å²) in [6, 6.07) is 5.30. The number of ether oxygens (including phenoxy) is 1. The van der Waals surface area contributed by atoms with Gasteiger partial charge < -0.3 is 20.7 Å². The third-order valence-electron chi connectivity index (χ3n) is 5.32. The fraction of sp³-hybridized carbons (Fsp3) is 0.579. The van der Waals surface area contributed by atoms with Crippen molar-refractivity contribution in [3.05, 3.63) is 24.3 Å².